The predicted molar refractivity (Wildman–Crippen MR) is 75.5 cm³/mol. The molecule has 20 heavy (non-hydrogen) atoms. The molecule has 0 amide bonds. The van der Waals surface area contributed by atoms with Gasteiger partial charge in [-0.05, 0) is 36.8 Å². The van der Waals surface area contributed by atoms with Gasteiger partial charge in [0.05, 0.1) is 11.1 Å². The van der Waals surface area contributed by atoms with Crippen LogP contribution in [0.5, 0.6) is 0 Å². The van der Waals surface area contributed by atoms with Crippen LogP contribution in [-0.2, 0) is 10.0 Å². The molecule has 4 nitrogen and oxygen atoms in total. The fraction of sp³-hybridized carbons (Fsp3) is 0.0714. The lowest BCUT2D eigenvalue weighted by atomic mass is 10.2. The first-order chi connectivity index (χ1) is 9.47. The van der Waals surface area contributed by atoms with E-state index in [1.165, 1.54) is 18.3 Å². The van der Waals surface area contributed by atoms with Crippen molar-refractivity contribution in [2.45, 2.75) is 11.8 Å². The van der Waals surface area contributed by atoms with E-state index in [1.54, 1.807) is 0 Å². The van der Waals surface area contributed by atoms with Crippen molar-refractivity contribution < 1.29 is 12.8 Å². The van der Waals surface area contributed by atoms with Crippen molar-refractivity contribution in [3.8, 4) is 0 Å². The second-order valence-electron chi connectivity index (χ2n) is 4.22. The molecule has 2 rings (SSSR count). The average Bonchev–Trinajstić information content (AvgIpc) is 2.39. The van der Waals surface area contributed by atoms with Crippen molar-refractivity contribution in [3.05, 3.63) is 65.5 Å². The highest BCUT2D eigenvalue weighted by molar-refractivity contribution is 7.89. The maximum Gasteiger partial charge on any atom is 0.276 e. The number of benzene rings is 2. The van der Waals surface area contributed by atoms with E-state index in [9.17, 15) is 12.8 Å². The van der Waals surface area contributed by atoms with Crippen molar-refractivity contribution in [2.75, 3.05) is 0 Å². The monoisotopic (exact) mass is 292 g/mol. The maximum atomic E-state index is 12.7. The van der Waals surface area contributed by atoms with Gasteiger partial charge in [0.25, 0.3) is 10.0 Å². The second-order valence-corrected chi connectivity index (χ2v) is 5.88. The summed E-state index contributed by atoms with van der Waals surface area (Å²) in [6.07, 6.45) is 1.41. The molecule has 2 aromatic carbocycles. The van der Waals surface area contributed by atoms with Crippen molar-refractivity contribution in [1.82, 2.24) is 4.83 Å². The summed E-state index contributed by atoms with van der Waals surface area (Å²) in [6.45, 7) is 1.93. The third-order valence-corrected chi connectivity index (χ3v) is 3.79. The van der Waals surface area contributed by atoms with Gasteiger partial charge in [0.1, 0.15) is 5.82 Å². The molecule has 104 valence electrons. The van der Waals surface area contributed by atoms with Crippen LogP contribution in [0.2, 0.25) is 0 Å². The van der Waals surface area contributed by atoms with E-state index in [4.69, 9.17) is 0 Å². The SMILES string of the molecule is Cc1cccc(/C=N/NS(=O)(=O)c2ccc(F)cc2)c1. The molecule has 2 aromatic rings. The van der Waals surface area contributed by atoms with E-state index in [0.717, 1.165) is 23.3 Å². The van der Waals surface area contributed by atoms with Crippen LogP contribution in [-0.4, -0.2) is 14.6 Å². The van der Waals surface area contributed by atoms with Gasteiger partial charge in [0.15, 0.2) is 0 Å². The zero-order valence-electron chi connectivity index (χ0n) is 10.7. The molecule has 0 radical (unpaired) electrons. The van der Waals surface area contributed by atoms with Crippen LogP contribution in [0.25, 0.3) is 0 Å². The van der Waals surface area contributed by atoms with Gasteiger partial charge in [-0.25, -0.2) is 9.22 Å². The van der Waals surface area contributed by atoms with Crippen molar-refractivity contribution in [1.29, 1.82) is 0 Å². The minimum Gasteiger partial charge on any atom is -0.207 e. The Morgan fingerprint density at radius 2 is 1.85 bits per heavy atom. The number of nitrogens with zero attached hydrogens (tertiary/aromatic N) is 1. The highest BCUT2D eigenvalue weighted by Gasteiger charge is 2.12. The Morgan fingerprint density at radius 1 is 1.15 bits per heavy atom. The minimum absolute atomic E-state index is 0.0414. The Hall–Kier alpha value is -2.21. The molecule has 1 N–H and O–H groups in total. The molecule has 0 spiro atoms. The molecule has 0 aliphatic carbocycles. The Balaban J connectivity index is 2.11. The number of sulfonamides is 1. The van der Waals surface area contributed by atoms with Crippen molar-refractivity contribution >= 4 is 16.2 Å². The van der Waals surface area contributed by atoms with Gasteiger partial charge in [-0.15, -0.1) is 0 Å². The molecule has 0 aromatic heterocycles. The number of hydrazone groups is 1. The number of hydrogen-bond donors (Lipinski definition) is 1. The zero-order chi connectivity index (χ0) is 14.6. The third kappa shape index (κ3) is 3.64. The number of rotatable bonds is 4. The van der Waals surface area contributed by atoms with E-state index >= 15 is 0 Å². The van der Waals surface area contributed by atoms with E-state index in [0.29, 0.717) is 0 Å². The summed E-state index contributed by atoms with van der Waals surface area (Å²) in [5.41, 5.74) is 1.84. The molecule has 6 heteroatoms. The van der Waals surface area contributed by atoms with Crippen LogP contribution in [0, 0.1) is 12.7 Å². The molecule has 0 aliphatic heterocycles. The largest absolute Gasteiger partial charge is 0.276 e. The van der Waals surface area contributed by atoms with Gasteiger partial charge in [0.2, 0.25) is 0 Å². The summed E-state index contributed by atoms with van der Waals surface area (Å²) in [5, 5.41) is 3.70. The predicted octanol–water partition coefficient (Wildman–Crippen LogP) is 2.45. The van der Waals surface area contributed by atoms with Crippen LogP contribution in [0.4, 0.5) is 4.39 Å². The van der Waals surface area contributed by atoms with E-state index < -0.39 is 15.8 Å². The molecular weight excluding hydrogens is 279 g/mol. The molecule has 0 unspecified atom stereocenters. The fourth-order valence-electron chi connectivity index (χ4n) is 1.59. The van der Waals surface area contributed by atoms with Crippen LogP contribution < -0.4 is 4.83 Å². The first-order valence-electron chi connectivity index (χ1n) is 5.84. The van der Waals surface area contributed by atoms with E-state index in [1.807, 2.05) is 31.2 Å². The molecule has 0 saturated heterocycles. The molecule has 0 bridgehead atoms. The number of aryl methyl sites for hydroxylation is 1. The zero-order valence-corrected chi connectivity index (χ0v) is 11.6. The first-order valence-corrected chi connectivity index (χ1v) is 7.33. The maximum absolute atomic E-state index is 12.7. The normalized spacial score (nSPS) is 11.7. The van der Waals surface area contributed by atoms with Crippen LogP contribution in [0.1, 0.15) is 11.1 Å². The lowest BCUT2D eigenvalue weighted by Gasteiger charge is -2.02. The fourth-order valence-corrected chi connectivity index (χ4v) is 2.38. The molecule has 0 aliphatic rings. The number of hydrogen-bond acceptors (Lipinski definition) is 3. The van der Waals surface area contributed by atoms with Gasteiger partial charge in [-0.3, -0.25) is 0 Å². The Kier molecular flexibility index (Phi) is 4.14. The highest BCUT2D eigenvalue weighted by atomic mass is 32.2. The lowest BCUT2D eigenvalue weighted by Crippen LogP contribution is -2.18. The summed E-state index contributed by atoms with van der Waals surface area (Å²) in [7, 11) is -3.77. The lowest BCUT2D eigenvalue weighted by molar-refractivity contribution is 0.583. The second kappa shape index (κ2) is 5.83. The number of nitrogens with one attached hydrogen (secondary N) is 1. The van der Waals surface area contributed by atoms with Crippen LogP contribution in [0.15, 0.2) is 58.5 Å². The molecule has 0 saturated carbocycles. The minimum atomic E-state index is -3.77. The van der Waals surface area contributed by atoms with Gasteiger partial charge >= 0.3 is 0 Å². The van der Waals surface area contributed by atoms with Crippen LogP contribution >= 0.6 is 0 Å². The molecular formula is C14H13FN2O2S. The van der Waals surface area contributed by atoms with Gasteiger partial charge in [-0.2, -0.15) is 13.5 Å². The summed E-state index contributed by atoms with van der Waals surface area (Å²) in [6, 6.07) is 12.0. The summed E-state index contributed by atoms with van der Waals surface area (Å²) < 4.78 is 36.4. The average molecular weight is 292 g/mol. The standard InChI is InChI=1S/C14H13FN2O2S/c1-11-3-2-4-12(9-11)10-16-17-20(18,19)14-7-5-13(15)6-8-14/h2-10,17H,1H3/b16-10+. The topological polar surface area (TPSA) is 58.5 Å². The molecule has 0 fully saturated rings. The molecule has 0 heterocycles. The Morgan fingerprint density at radius 3 is 2.50 bits per heavy atom. The van der Waals surface area contributed by atoms with Crippen molar-refractivity contribution in [3.63, 3.8) is 0 Å². The van der Waals surface area contributed by atoms with Crippen LogP contribution in [0.3, 0.4) is 0 Å². The number of halogens is 1. The van der Waals surface area contributed by atoms with Gasteiger partial charge < -0.3 is 0 Å². The Labute approximate surface area is 117 Å². The smallest absolute Gasteiger partial charge is 0.207 e. The molecule has 0 atom stereocenters. The summed E-state index contributed by atoms with van der Waals surface area (Å²) in [5.74, 6) is -0.493. The van der Waals surface area contributed by atoms with E-state index in [-0.39, 0.29) is 4.90 Å². The quantitative estimate of drug-likeness (QED) is 0.695. The summed E-state index contributed by atoms with van der Waals surface area (Å²) >= 11 is 0. The Bertz CT molecular complexity index is 725. The summed E-state index contributed by atoms with van der Waals surface area (Å²) in [4.78, 5) is 2.04. The van der Waals surface area contributed by atoms with Gasteiger partial charge in [-0.1, -0.05) is 29.8 Å². The highest BCUT2D eigenvalue weighted by Crippen LogP contribution is 2.09. The van der Waals surface area contributed by atoms with E-state index in [2.05, 4.69) is 9.93 Å². The van der Waals surface area contributed by atoms with Gasteiger partial charge in [0, 0.05) is 0 Å². The van der Waals surface area contributed by atoms with Crippen molar-refractivity contribution in [2.24, 2.45) is 5.10 Å². The third-order valence-electron chi connectivity index (χ3n) is 2.55. The first kappa shape index (κ1) is 14.2.